The molecular formula is C19H23ClFN5O2. The van der Waals surface area contributed by atoms with Crippen LogP contribution in [0.15, 0.2) is 36.7 Å². The number of hydrogen-bond acceptors (Lipinski definition) is 5. The average molecular weight is 408 g/mol. The molecule has 2 aromatic rings. The Morgan fingerprint density at radius 2 is 1.86 bits per heavy atom. The van der Waals surface area contributed by atoms with Crippen LogP contribution in [0.5, 0.6) is 0 Å². The number of hydrogen-bond donors (Lipinski definition) is 2. The zero-order valence-electron chi connectivity index (χ0n) is 15.5. The van der Waals surface area contributed by atoms with Crippen LogP contribution in [0.2, 0.25) is 0 Å². The molecule has 0 spiro atoms. The molecule has 0 bridgehead atoms. The van der Waals surface area contributed by atoms with Crippen LogP contribution in [-0.2, 0) is 6.54 Å². The molecule has 1 aromatic carbocycles. The predicted molar refractivity (Wildman–Crippen MR) is 105 cm³/mol. The summed E-state index contributed by atoms with van der Waals surface area (Å²) in [6.07, 6.45) is 4.69. The molecule has 2 amide bonds. The van der Waals surface area contributed by atoms with Crippen molar-refractivity contribution in [1.82, 2.24) is 25.5 Å². The smallest absolute Gasteiger partial charge is 0.274 e. The SMILES string of the molecule is CNC1CCCN(C(=O)c2nccnc2C(=O)NCc2ccc(F)cc2)C1.Cl. The van der Waals surface area contributed by atoms with E-state index in [-0.39, 0.29) is 48.1 Å². The van der Waals surface area contributed by atoms with Gasteiger partial charge in [0.2, 0.25) is 0 Å². The van der Waals surface area contributed by atoms with E-state index < -0.39 is 5.91 Å². The Morgan fingerprint density at radius 3 is 2.54 bits per heavy atom. The molecule has 3 rings (SSSR count). The van der Waals surface area contributed by atoms with E-state index in [1.54, 1.807) is 17.0 Å². The molecular weight excluding hydrogens is 385 g/mol. The number of likely N-dealkylation sites (N-methyl/N-ethyl adjacent to an activating group) is 1. The van der Waals surface area contributed by atoms with Crippen molar-refractivity contribution in [2.75, 3.05) is 20.1 Å². The lowest BCUT2D eigenvalue weighted by Gasteiger charge is -2.32. The van der Waals surface area contributed by atoms with Crippen molar-refractivity contribution in [2.24, 2.45) is 0 Å². The fourth-order valence-electron chi connectivity index (χ4n) is 3.08. The number of carbonyl (C=O) groups is 2. The first-order valence-electron chi connectivity index (χ1n) is 8.88. The summed E-state index contributed by atoms with van der Waals surface area (Å²) in [5, 5.41) is 5.89. The van der Waals surface area contributed by atoms with Gasteiger partial charge in [-0.25, -0.2) is 14.4 Å². The van der Waals surface area contributed by atoms with Gasteiger partial charge in [0.25, 0.3) is 11.8 Å². The highest BCUT2D eigenvalue weighted by Gasteiger charge is 2.28. The molecule has 150 valence electrons. The predicted octanol–water partition coefficient (Wildman–Crippen LogP) is 1.79. The molecule has 1 fully saturated rings. The first kappa shape index (κ1) is 21.7. The number of aromatic nitrogens is 2. The first-order chi connectivity index (χ1) is 13.1. The molecule has 2 N–H and O–H groups in total. The maximum absolute atomic E-state index is 13.0. The molecule has 9 heteroatoms. The lowest BCUT2D eigenvalue weighted by molar-refractivity contribution is 0.0685. The molecule has 0 aliphatic carbocycles. The van der Waals surface area contributed by atoms with Crippen LogP contribution in [0.1, 0.15) is 39.4 Å². The van der Waals surface area contributed by atoms with Gasteiger partial charge in [0, 0.05) is 38.1 Å². The lowest BCUT2D eigenvalue weighted by atomic mass is 10.1. The minimum atomic E-state index is -0.488. The van der Waals surface area contributed by atoms with Crippen molar-refractivity contribution in [1.29, 1.82) is 0 Å². The average Bonchev–Trinajstić information content (AvgIpc) is 2.72. The molecule has 0 radical (unpaired) electrons. The number of halogens is 2. The highest BCUT2D eigenvalue weighted by Crippen LogP contribution is 2.14. The molecule has 2 heterocycles. The normalized spacial score (nSPS) is 16.2. The Labute approximate surface area is 169 Å². The second kappa shape index (κ2) is 10.1. The van der Waals surface area contributed by atoms with Crippen LogP contribution in [0.25, 0.3) is 0 Å². The topological polar surface area (TPSA) is 87.2 Å². The van der Waals surface area contributed by atoms with Gasteiger partial charge in [-0.3, -0.25) is 9.59 Å². The molecule has 1 aromatic heterocycles. The number of nitrogens with zero attached hydrogens (tertiary/aromatic N) is 3. The summed E-state index contributed by atoms with van der Waals surface area (Å²) < 4.78 is 13.0. The van der Waals surface area contributed by atoms with Crippen molar-refractivity contribution in [3.05, 3.63) is 59.4 Å². The van der Waals surface area contributed by atoms with Crippen molar-refractivity contribution in [3.63, 3.8) is 0 Å². The summed E-state index contributed by atoms with van der Waals surface area (Å²) in [6.45, 7) is 1.40. The third kappa shape index (κ3) is 5.24. The monoisotopic (exact) mass is 407 g/mol. The molecule has 1 unspecified atom stereocenters. The van der Waals surface area contributed by atoms with Crippen LogP contribution in [0, 0.1) is 5.82 Å². The summed E-state index contributed by atoms with van der Waals surface area (Å²) in [6, 6.07) is 6.06. The minimum Gasteiger partial charge on any atom is -0.347 e. The van der Waals surface area contributed by atoms with Gasteiger partial charge >= 0.3 is 0 Å². The van der Waals surface area contributed by atoms with Crippen molar-refractivity contribution in [2.45, 2.75) is 25.4 Å². The number of amides is 2. The van der Waals surface area contributed by atoms with Gasteiger partial charge in [0.15, 0.2) is 11.4 Å². The minimum absolute atomic E-state index is 0. The molecule has 1 atom stereocenters. The zero-order valence-corrected chi connectivity index (χ0v) is 16.3. The number of benzene rings is 1. The maximum Gasteiger partial charge on any atom is 0.274 e. The second-order valence-electron chi connectivity index (χ2n) is 6.44. The number of rotatable bonds is 5. The van der Waals surface area contributed by atoms with E-state index in [2.05, 4.69) is 20.6 Å². The number of piperidine rings is 1. The van der Waals surface area contributed by atoms with Crippen molar-refractivity contribution in [3.8, 4) is 0 Å². The standard InChI is InChI=1S/C19H22FN5O2.ClH/c1-21-15-3-2-10-25(12-15)19(27)17-16(22-8-9-23-17)18(26)24-11-13-4-6-14(20)7-5-13;/h4-9,15,21H,2-3,10-12H2,1H3,(H,24,26);1H. The quantitative estimate of drug-likeness (QED) is 0.789. The Bertz CT molecular complexity index is 818. The van der Waals surface area contributed by atoms with Gasteiger partial charge in [0.05, 0.1) is 0 Å². The Morgan fingerprint density at radius 1 is 1.18 bits per heavy atom. The van der Waals surface area contributed by atoms with Gasteiger partial charge in [-0.05, 0) is 37.6 Å². The van der Waals surface area contributed by atoms with Crippen LogP contribution in [-0.4, -0.2) is 52.9 Å². The van der Waals surface area contributed by atoms with Gasteiger partial charge in [0.1, 0.15) is 5.82 Å². The second-order valence-corrected chi connectivity index (χ2v) is 6.44. The molecule has 7 nitrogen and oxygen atoms in total. The van der Waals surface area contributed by atoms with Gasteiger partial charge in [-0.2, -0.15) is 0 Å². The summed E-state index contributed by atoms with van der Waals surface area (Å²) in [4.78, 5) is 35.3. The van der Waals surface area contributed by atoms with Crippen LogP contribution >= 0.6 is 12.4 Å². The van der Waals surface area contributed by atoms with Gasteiger partial charge < -0.3 is 15.5 Å². The third-order valence-electron chi connectivity index (χ3n) is 4.60. The number of nitrogens with one attached hydrogen (secondary N) is 2. The highest BCUT2D eigenvalue weighted by atomic mass is 35.5. The van der Waals surface area contributed by atoms with Crippen LogP contribution < -0.4 is 10.6 Å². The molecule has 1 aliphatic heterocycles. The maximum atomic E-state index is 13.0. The van der Waals surface area contributed by atoms with Crippen molar-refractivity contribution < 1.29 is 14.0 Å². The summed E-state index contributed by atoms with van der Waals surface area (Å²) >= 11 is 0. The summed E-state index contributed by atoms with van der Waals surface area (Å²) in [7, 11) is 1.87. The largest absolute Gasteiger partial charge is 0.347 e. The number of likely N-dealkylation sites (tertiary alicyclic amines) is 1. The van der Waals surface area contributed by atoms with E-state index in [9.17, 15) is 14.0 Å². The summed E-state index contributed by atoms with van der Waals surface area (Å²) in [5.74, 6) is -1.12. The molecule has 1 aliphatic rings. The molecule has 0 saturated carbocycles. The van der Waals surface area contributed by atoms with Crippen LogP contribution in [0.4, 0.5) is 4.39 Å². The molecule has 28 heavy (non-hydrogen) atoms. The van der Waals surface area contributed by atoms with Crippen LogP contribution in [0.3, 0.4) is 0 Å². The van der Waals surface area contributed by atoms with E-state index in [0.717, 1.165) is 18.4 Å². The Hall–Kier alpha value is -2.58. The third-order valence-corrected chi connectivity index (χ3v) is 4.60. The Balaban J connectivity index is 0.00000280. The lowest BCUT2D eigenvalue weighted by Crippen LogP contribution is -2.47. The summed E-state index contributed by atoms with van der Waals surface area (Å²) in [5.41, 5.74) is 0.788. The molecule has 1 saturated heterocycles. The fraction of sp³-hybridized carbons (Fsp3) is 0.368. The van der Waals surface area contributed by atoms with E-state index in [1.807, 2.05) is 7.05 Å². The van der Waals surface area contributed by atoms with Crippen molar-refractivity contribution >= 4 is 24.2 Å². The van der Waals surface area contributed by atoms with Gasteiger partial charge in [-0.1, -0.05) is 12.1 Å². The fourth-order valence-corrected chi connectivity index (χ4v) is 3.08. The van der Waals surface area contributed by atoms with E-state index in [0.29, 0.717) is 13.1 Å². The van der Waals surface area contributed by atoms with E-state index in [4.69, 9.17) is 0 Å². The highest BCUT2D eigenvalue weighted by molar-refractivity contribution is 6.04. The Kier molecular flexibility index (Phi) is 7.83. The van der Waals surface area contributed by atoms with E-state index >= 15 is 0 Å². The number of carbonyl (C=O) groups excluding carboxylic acids is 2. The zero-order chi connectivity index (χ0) is 19.2. The first-order valence-corrected chi connectivity index (χ1v) is 8.88. The van der Waals surface area contributed by atoms with E-state index in [1.165, 1.54) is 24.5 Å². The van der Waals surface area contributed by atoms with Gasteiger partial charge in [-0.15, -0.1) is 12.4 Å².